The van der Waals surface area contributed by atoms with E-state index >= 15 is 0 Å². The normalized spacial score (nSPS) is 10.2. The first-order valence-corrected chi connectivity index (χ1v) is 6.97. The zero-order chi connectivity index (χ0) is 16.8. The van der Waals surface area contributed by atoms with Gasteiger partial charge in [0, 0.05) is 6.54 Å². The SMILES string of the molecule is O=C(COC(=O)c1ccc(F)cc1)NCc1ccc(F)c(Cl)c1. The molecule has 0 aliphatic carbocycles. The first-order valence-electron chi connectivity index (χ1n) is 6.59. The zero-order valence-corrected chi connectivity index (χ0v) is 12.6. The molecular formula is C16H12ClF2NO3. The molecule has 0 saturated carbocycles. The number of amides is 1. The van der Waals surface area contributed by atoms with Gasteiger partial charge >= 0.3 is 5.97 Å². The van der Waals surface area contributed by atoms with Gasteiger partial charge in [-0.05, 0) is 42.0 Å². The maximum absolute atomic E-state index is 13.0. The van der Waals surface area contributed by atoms with E-state index in [2.05, 4.69) is 5.32 Å². The van der Waals surface area contributed by atoms with Gasteiger partial charge in [-0.25, -0.2) is 13.6 Å². The quantitative estimate of drug-likeness (QED) is 0.852. The predicted molar refractivity (Wildman–Crippen MR) is 79.9 cm³/mol. The van der Waals surface area contributed by atoms with Crippen molar-refractivity contribution < 1.29 is 23.1 Å². The summed E-state index contributed by atoms with van der Waals surface area (Å²) in [5.41, 5.74) is 0.749. The molecule has 0 bridgehead atoms. The molecule has 0 atom stereocenters. The predicted octanol–water partition coefficient (Wildman–Crippen LogP) is 3.09. The van der Waals surface area contributed by atoms with E-state index in [9.17, 15) is 18.4 Å². The second-order valence-electron chi connectivity index (χ2n) is 4.61. The number of hydrogen-bond acceptors (Lipinski definition) is 3. The Labute approximate surface area is 136 Å². The largest absolute Gasteiger partial charge is 0.452 e. The number of halogens is 3. The lowest BCUT2D eigenvalue weighted by Gasteiger charge is -2.07. The van der Waals surface area contributed by atoms with Gasteiger partial charge in [-0.15, -0.1) is 0 Å². The van der Waals surface area contributed by atoms with E-state index < -0.39 is 30.1 Å². The van der Waals surface area contributed by atoms with Gasteiger partial charge in [0.25, 0.3) is 5.91 Å². The minimum Gasteiger partial charge on any atom is -0.452 e. The molecule has 0 aliphatic rings. The van der Waals surface area contributed by atoms with Gasteiger partial charge < -0.3 is 10.1 Å². The van der Waals surface area contributed by atoms with E-state index in [1.807, 2.05) is 0 Å². The Bertz CT molecular complexity index is 720. The van der Waals surface area contributed by atoms with Crippen molar-refractivity contribution in [1.82, 2.24) is 5.32 Å². The van der Waals surface area contributed by atoms with Gasteiger partial charge in [-0.1, -0.05) is 17.7 Å². The third-order valence-corrected chi connectivity index (χ3v) is 3.18. The van der Waals surface area contributed by atoms with Crippen molar-refractivity contribution in [3.8, 4) is 0 Å². The molecule has 2 rings (SSSR count). The average Bonchev–Trinajstić information content (AvgIpc) is 2.54. The molecule has 0 heterocycles. The summed E-state index contributed by atoms with van der Waals surface area (Å²) in [6, 6.07) is 8.82. The maximum atomic E-state index is 13.0. The lowest BCUT2D eigenvalue weighted by Crippen LogP contribution is -2.28. The molecule has 0 radical (unpaired) electrons. The lowest BCUT2D eigenvalue weighted by atomic mass is 10.2. The standard InChI is InChI=1S/C16H12ClF2NO3/c17-13-7-10(1-6-14(13)19)8-20-15(21)9-23-16(22)11-2-4-12(18)5-3-11/h1-7H,8-9H2,(H,20,21). The van der Waals surface area contributed by atoms with Crippen molar-refractivity contribution in [2.45, 2.75) is 6.54 Å². The molecule has 0 aromatic heterocycles. The second-order valence-corrected chi connectivity index (χ2v) is 5.02. The summed E-state index contributed by atoms with van der Waals surface area (Å²) in [6.45, 7) is -0.363. The molecule has 4 nitrogen and oxygen atoms in total. The number of ether oxygens (including phenoxy) is 1. The van der Waals surface area contributed by atoms with Gasteiger partial charge in [-0.2, -0.15) is 0 Å². The Morgan fingerprint density at radius 3 is 2.43 bits per heavy atom. The van der Waals surface area contributed by atoms with Crippen molar-refractivity contribution in [2.75, 3.05) is 6.61 Å². The molecule has 2 aromatic carbocycles. The van der Waals surface area contributed by atoms with Crippen LogP contribution in [0.1, 0.15) is 15.9 Å². The van der Waals surface area contributed by atoms with Crippen LogP contribution in [0.2, 0.25) is 5.02 Å². The minimum atomic E-state index is -0.732. The van der Waals surface area contributed by atoms with Crippen molar-refractivity contribution >= 4 is 23.5 Å². The monoisotopic (exact) mass is 339 g/mol. The van der Waals surface area contributed by atoms with Crippen molar-refractivity contribution in [1.29, 1.82) is 0 Å². The van der Waals surface area contributed by atoms with E-state index in [1.54, 1.807) is 0 Å². The number of nitrogens with one attached hydrogen (secondary N) is 1. The molecular weight excluding hydrogens is 328 g/mol. The van der Waals surface area contributed by atoms with Crippen molar-refractivity contribution in [2.24, 2.45) is 0 Å². The summed E-state index contributed by atoms with van der Waals surface area (Å²) < 4.78 is 30.5. The Morgan fingerprint density at radius 2 is 1.78 bits per heavy atom. The number of rotatable bonds is 5. The molecule has 1 N–H and O–H groups in total. The van der Waals surface area contributed by atoms with E-state index in [0.717, 1.165) is 12.1 Å². The van der Waals surface area contributed by atoms with Crippen LogP contribution in [0.5, 0.6) is 0 Å². The summed E-state index contributed by atoms with van der Waals surface area (Å²) in [5, 5.41) is 2.46. The summed E-state index contributed by atoms with van der Waals surface area (Å²) in [7, 11) is 0. The van der Waals surface area contributed by atoms with Gasteiger partial charge in [0.1, 0.15) is 11.6 Å². The van der Waals surface area contributed by atoms with Crippen LogP contribution >= 0.6 is 11.6 Å². The number of esters is 1. The van der Waals surface area contributed by atoms with E-state index in [4.69, 9.17) is 16.3 Å². The van der Waals surface area contributed by atoms with Crippen LogP contribution < -0.4 is 5.32 Å². The molecule has 7 heteroatoms. The van der Waals surface area contributed by atoms with Crippen LogP contribution in [0.15, 0.2) is 42.5 Å². The average molecular weight is 340 g/mol. The molecule has 23 heavy (non-hydrogen) atoms. The molecule has 0 unspecified atom stereocenters. The fourth-order valence-electron chi connectivity index (χ4n) is 1.70. The minimum absolute atomic E-state index is 0.0421. The van der Waals surface area contributed by atoms with Gasteiger partial charge in [0.05, 0.1) is 10.6 Å². The molecule has 0 aliphatic heterocycles. The maximum Gasteiger partial charge on any atom is 0.338 e. The Balaban J connectivity index is 1.79. The number of carbonyl (C=O) groups excluding carboxylic acids is 2. The third kappa shape index (κ3) is 5.03. The lowest BCUT2D eigenvalue weighted by molar-refractivity contribution is -0.124. The second kappa shape index (κ2) is 7.69. The van der Waals surface area contributed by atoms with Gasteiger partial charge in [-0.3, -0.25) is 4.79 Å². The fourth-order valence-corrected chi connectivity index (χ4v) is 1.90. The Hall–Kier alpha value is -2.47. The summed E-state index contributed by atoms with van der Waals surface area (Å²) in [6.07, 6.45) is 0. The first kappa shape index (κ1) is 16.9. The van der Waals surface area contributed by atoms with Crippen molar-refractivity contribution in [3.05, 3.63) is 70.2 Å². The Kier molecular flexibility index (Phi) is 5.65. The number of benzene rings is 2. The fraction of sp³-hybridized carbons (Fsp3) is 0.125. The highest BCUT2D eigenvalue weighted by Gasteiger charge is 2.10. The zero-order valence-electron chi connectivity index (χ0n) is 11.8. The van der Waals surface area contributed by atoms with Crippen LogP contribution in [0, 0.1) is 11.6 Å². The summed E-state index contributed by atoms with van der Waals surface area (Å²) >= 11 is 5.63. The summed E-state index contributed by atoms with van der Waals surface area (Å²) in [4.78, 5) is 23.2. The molecule has 2 aromatic rings. The van der Waals surface area contributed by atoms with E-state index in [-0.39, 0.29) is 17.1 Å². The molecule has 1 amide bonds. The highest BCUT2D eigenvalue weighted by molar-refractivity contribution is 6.30. The smallest absolute Gasteiger partial charge is 0.338 e. The third-order valence-electron chi connectivity index (χ3n) is 2.89. The van der Waals surface area contributed by atoms with Crippen LogP contribution in [-0.2, 0) is 16.1 Å². The number of carbonyl (C=O) groups is 2. The molecule has 0 spiro atoms. The summed E-state index contributed by atoms with van der Waals surface area (Å²) in [5.74, 6) is -2.28. The highest BCUT2D eigenvalue weighted by atomic mass is 35.5. The topological polar surface area (TPSA) is 55.4 Å². The molecule has 0 fully saturated rings. The van der Waals surface area contributed by atoms with Crippen LogP contribution in [0.25, 0.3) is 0 Å². The van der Waals surface area contributed by atoms with Crippen molar-refractivity contribution in [3.63, 3.8) is 0 Å². The van der Waals surface area contributed by atoms with Gasteiger partial charge in [0.15, 0.2) is 6.61 Å². The highest BCUT2D eigenvalue weighted by Crippen LogP contribution is 2.15. The van der Waals surface area contributed by atoms with Crippen LogP contribution in [0.3, 0.4) is 0 Å². The molecule has 120 valence electrons. The number of hydrogen-bond donors (Lipinski definition) is 1. The Morgan fingerprint density at radius 1 is 1.09 bits per heavy atom. The molecule has 0 saturated heterocycles. The first-order chi connectivity index (χ1) is 11.0. The van der Waals surface area contributed by atoms with E-state index in [1.165, 1.54) is 30.3 Å². The van der Waals surface area contributed by atoms with E-state index in [0.29, 0.717) is 5.56 Å². The van der Waals surface area contributed by atoms with Crippen LogP contribution in [-0.4, -0.2) is 18.5 Å². The van der Waals surface area contributed by atoms with Gasteiger partial charge in [0.2, 0.25) is 0 Å². The van der Waals surface area contributed by atoms with Crippen LogP contribution in [0.4, 0.5) is 8.78 Å².